The Balaban J connectivity index is 1.30. The van der Waals surface area contributed by atoms with Gasteiger partial charge in [-0.1, -0.05) is 0 Å². The number of nitrogens with zero attached hydrogens (tertiary/aromatic N) is 4. The largest absolute Gasteiger partial charge is 0.324 e. The van der Waals surface area contributed by atoms with Gasteiger partial charge in [-0.05, 0) is 68.6 Å². The van der Waals surface area contributed by atoms with E-state index in [4.69, 9.17) is 0 Å². The maximum Gasteiger partial charge on any atom is 0.321 e. The van der Waals surface area contributed by atoms with Crippen LogP contribution in [0.25, 0.3) is 5.69 Å². The number of urea groups is 1. The summed E-state index contributed by atoms with van der Waals surface area (Å²) in [5.74, 6) is 0.617. The lowest BCUT2D eigenvalue weighted by Crippen LogP contribution is -2.34. The average molecular weight is 339 g/mol. The Hall–Kier alpha value is -2.34. The van der Waals surface area contributed by atoms with Crippen molar-refractivity contribution in [2.75, 3.05) is 38.0 Å². The molecule has 2 aromatic rings. The van der Waals surface area contributed by atoms with Crippen LogP contribution in [0.15, 0.2) is 42.7 Å². The Morgan fingerprint density at radius 3 is 2.68 bits per heavy atom. The van der Waals surface area contributed by atoms with Crippen LogP contribution >= 0.6 is 0 Å². The second kappa shape index (κ2) is 7.27. The van der Waals surface area contributed by atoms with Crippen molar-refractivity contribution in [3.63, 3.8) is 0 Å². The molecule has 0 spiro atoms. The molecule has 2 aliphatic rings. The van der Waals surface area contributed by atoms with Gasteiger partial charge in [0.25, 0.3) is 0 Å². The molecule has 0 saturated carbocycles. The lowest BCUT2D eigenvalue weighted by atomic mass is 10.1. The number of carbonyl (C=O) groups excluding carboxylic acids is 1. The van der Waals surface area contributed by atoms with Crippen LogP contribution in [0.4, 0.5) is 10.5 Å². The first-order valence-corrected chi connectivity index (χ1v) is 9.16. The zero-order valence-corrected chi connectivity index (χ0v) is 14.5. The highest BCUT2D eigenvalue weighted by Crippen LogP contribution is 2.21. The molecule has 2 fully saturated rings. The van der Waals surface area contributed by atoms with E-state index in [1.54, 1.807) is 10.9 Å². The van der Waals surface area contributed by atoms with Crippen LogP contribution in [0.2, 0.25) is 0 Å². The van der Waals surface area contributed by atoms with Gasteiger partial charge in [0, 0.05) is 37.7 Å². The Kier molecular flexibility index (Phi) is 4.70. The highest BCUT2D eigenvalue weighted by Gasteiger charge is 2.28. The van der Waals surface area contributed by atoms with E-state index in [2.05, 4.69) is 15.3 Å². The van der Waals surface area contributed by atoms with Crippen LogP contribution in [0, 0.1) is 5.92 Å². The number of anilines is 1. The number of hydrogen-bond donors (Lipinski definition) is 1. The summed E-state index contributed by atoms with van der Waals surface area (Å²) in [5, 5.41) is 7.22. The van der Waals surface area contributed by atoms with Crippen LogP contribution in [-0.4, -0.2) is 58.3 Å². The lowest BCUT2D eigenvalue weighted by Gasteiger charge is -2.21. The predicted molar refractivity (Wildman–Crippen MR) is 97.9 cm³/mol. The Labute approximate surface area is 148 Å². The molecule has 25 heavy (non-hydrogen) atoms. The topological polar surface area (TPSA) is 53.4 Å². The normalized spacial score (nSPS) is 21.0. The van der Waals surface area contributed by atoms with Gasteiger partial charge >= 0.3 is 6.03 Å². The summed E-state index contributed by atoms with van der Waals surface area (Å²) in [7, 11) is 0. The SMILES string of the molecule is O=C(Nc1ccc(-n2cccn2)cc1)N1CC[C@@H](CN2CCCC2)C1. The van der Waals surface area contributed by atoms with E-state index in [0.29, 0.717) is 5.92 Å². The highest BCUT2D eigenvalue weighted by molar-refractivity contribution is 5.89. The van der Waals surface area contributed by atoms with Crippen molar-refractivity contribution in [2.45, 2.75) is 19.3 Å². The van der Waals surface area contributed by atoms with Crippen molar-refractivity contribution in [3.05, 3.63) is 42.7 Å². The van der Waals surface area contributed by atoms with Crippen molar-refractivity contribution in [1.82, 2.24) is 19.6 Å². The van der Waals surface area contributed by atoms with Crippen LogP contribution in [0.3, 0.4) is 0 Å². The van der Waals surface area contributed by atoms with Crippen LogP contribution in [0.1, 0.15) is 19.3 Å². The molecule has 1 N–H and O–H groups in total. The number of hydrogen-bond acceptors (Lipinski definition) is 3. The Morgan fingerprint density at radius 2 is 1.96 bits per heavy atom. The maximum atomic E-state index is 12.5. The number of nitrogens with one attached hydrogen (secondary N) is 1. The third-order valence-electron chi connectivity index (χ3n) is 5.18. The van der Waals surface area contributed by atoms with E-state index < -0.39 is 0 Å². The summed E-state index contributed by atoms with van der Waals surface area (Å²) in [6, 6.07) is 9.67. The fourth-order valence-electron chi connectivity index (χ4n) is 3.82. The smallest absolute Gasteiger partial charge is 0.321 e. The molecular weight excluding hydrogens is 314 g/mol. The molecule has 2 aliphatic heterocycles. The van der Waals surface area contributed by atoms with Crippen LogP contribution in [-0.2, 0) is 0 Å². The predicted octanol–water partition coefficient (Wildman–Crippen LogP) is 2.82. The van der Waals surface area contributed by atoms with Gasteiger partial charge in [0.05, 0.1) is 5.69 Å². The summed E-state index contributed by atoms with van der Waals surface area (Å²) in [5.41, 5.74) is 1.80. The van der Waals surface area contributed by atoms with E-state index in [-0.39, 0.29) is 6.03 Å². The Bertz CT molecular complexity index is 691. The van der Waals surface area contributed by atoms with Gasteiger partial charge in [0.15, 0.2) is 0 Å². The standard InChI is InChI=1S/C19H25N5O/c25-19(23-13-8-16(15-23)14-22-10-1-2-11-22)21-17-4-6-18(7-5-17)24-12-3-9-20-24/h3-7,9,12,16H,1-2,8,10-11,13-15H2,(H,21,25)/t16-/m0/s1. The van der Waals surface area contributed by atoms with Crippen molar-refractivity contribution >= 4 is 11.7 Å². The summed E-state index contributed by atoms with van der Waals surface area (Å²) < 4.78 is 1.80. The first kappa shape index (κ1) is 16.1. The average Bonchev–Trinajstić information content (AvgIpc) is 3.39. The van der Waals surface area contributed by atoms with Crippen molar-refractivity contribution in [2.24, 2.45) is 5.92 Å². The van der Waals surface area contributed by atoms with E-state index >= 15 is 0 Å². The number of amides is 2. The Morgan fingerprint density at radius 1 is 1.16 bits per heavy atom. The van der Waals surface area contributed by atoms with Gasteiger partial charge in [0.2, 0.25) is 0 Å². The van der Waals surface area contributed by atoms with Crippen LogP contribution < -0.4 is 5.32 Å². The molecular formula is C19H25N5O. The third kappa shape index (κ3) is 3.85. The second-order valence-corrected chi connectivity index (χ2v) is 7.04. The molecule has 132 valence electrons. The lowest BCUT2D eigenvalue weighted by molar-refractivity contribution is 0.217. The molecule has 0 unspecified atom stereocenters. The molecule has 2 saturated heterocycles. The molecule has 1 aromatic heterocycles. The van der Waals surface area contributed by atoms with Crippen molar-refractivity contribution in [3.8, 4) is 5.69 Å². The number of likely N-dealkylation sites (tertiary alicyclic amines) is 2. The summed E-state index contributed by atoms with van der Waals surface area (Å²) in [6.07, 6.45) is 7.42. The molecule has 0 bridgehead atoms. The molecule has 3 heterocycles. The number of benzene rings is 1. The van der Waals surface area contributed by atoms with Gasteiger partial charge in [-0.25, -0.2) is 9.48 Å². The van der Waals surface area contributed by atoms with E-state index in [1.165, 1.54) is 25.9 Å². The van der Waals surface area contributed by atoms with Gasteiger partial charge in [-0.3, -0.25) is 0 Å². The second-order valence-electron chi connectivity index (χ2n) is 7.04. The van der Waals surface area contributed by atoms with E-state index in [0.717, 1.165) is 37.4 Å². The molecule has 1 atom stereocenters. The third-order valence-corrected chi connectivity index (χ3v) is 5.18. The zero-order chi connectivity index (χ0) is 17.1. The van der Waals surface area contributed by atoms with Gasteiger partial charge in [0.1, 0.15) is 0 Å². The minimum atomic E-state index is 0.00996. The number of aromatic nitrogens is 2. The molecule has 4 rings (SSSR count). The van der Waals surface area contributed by atoms with Gasteiger partial charge < -0.3 is 15.1 Å². The summed E-state index contributed by atoms with van der Waals surface area (Å²) >= 11 is 0. The number of rotatable bonds is 4. The fourth-order valence-corrected chi connectivity index (χ4v) is 3.82. The first-order valence-electron chi connectivity index (χ1n) is 9.16. The minimum absolute atomic E-state index is 0.00996. The fraction of sp³-hybridized carbons (Fsp3) is 0.474. The van der Waals surface area contributed by atoms with Crippen LogP contribution in [0.5, 0.6) is 0 Å². The van der Waals surface area contributed by atoms with E-state index in [9.17, 15) is 4.79 Å². The highest BCUT2D eigenvalue weighted by atomic mass is 16.2. The molecule has 6 nitrogen and oxygen atoms in total. The number of carbonyl (C=O) groups is 1. The molecule has 1 aromatic carbocycles. The van der Waals surface area contributed by atoms with Crippen molar-refractivity contribution < 1.29 is 4.79 Å². The zero-order valence-electron chi connectivity index (χ0n) is 14.5. The molecule has 6 heteroatoms. The minimum Gasteiger partial charge on any atom is -0.324 e. The molecule has 2 amide bonds. The molecule has 0 aliphatic carbocycles. The van der Waals surface area contributed by atoms with E-state index in [1.807, 2.05) is 41.4 Å². The summed E-state index contributed by atoms with van der Waals surface area (Å²) in [4.78, 5) is 17.0. The first-order chi connectivity index (χ1) is 12.3. The monoisotopic (exact) mass is 339 g/mol. The maximum absolute atomic E-state index is 12.5. The molecule has 0 radical (unpaired) electrons. The van der Waals surface area contributed by atoms with Gasteiger partial charge in [-0.15, -0.1) is 0 Å². The quantitative estimate of drug-likeness (QED) is 0.932. The van der Waals surface area contributed by atoms with Crippen molar-refractivity contribution in [1.29, 1.82) is 0 Å². The van der Waals surface area contributed by atoms with Gasteiger partial charge in [-0.2, -0.15) is 5.10 Å². The summed E-state index contributed by atoms with van der Waals surface area (Å²) in [6.45, 7) is 5.32.